The maximum atomic E-state index is 10.3. The Labute approximate surface area is 76.3 Å². The summed E-state index contributed by atoms with van der Waals surface area (Å²) in [5, 5.41) is 11.5. The van der Waals surface area contributed by atoms with E-state index in [9.17, 15) is 4.79 Å². The first-order chi connectivity index (χ1) is 6.18. The van der Waals surface area contributed by atoms with Crippen molar-refractivity contribution in [3.05, 3.63) is 0 Å². The Morgan fingerprint density at radius 2 is 2.23 bits per heavy atom. The Morgan fingerprint density at radius 3 is 2.77 bits per heavy atom. The number of hydrazone groups is 1. The second-order valence-electron chi connectivity index (χ2n) is 2.55. The number of unbranched alkanes of at least 4 members (excludes halogenated alkanes) is 1. The van der Waals surface area contributed by atoms with Crippen LogP contribution in [0, 0.1) is 0 Å². The zero-order chi connectivity index (χ0) is 10.1. The van der Waals surface area contributed by atoms with Gasteiger partial charge in [-0.3, -0.25) is 4.79 Å². The minimum absolute atomic E-state index is 0.463. The molecule has 0 aromatic carbocycles. The Hall–Kier alpha value is -1.39. The molecule has 1 atom stereocenters. The first-order valence-corrected chi connectivity index (χ1v) is 3.98. The van der Waals surface area contributed by atoms with Gasteiger partial charge in [-0.25, -0.2) is 4.99 Å². The molecule has 0 saturated heterocycles. The summed E-state index contributed by atoms with van der Waals surface area (Å²) < 4.78 is 0. The van der Waals surface area contributed by atoms with Crippen LogP contribution in [0.3, 0.4) is 0 Å². The second kappa shape index (κ2) is 7.27. The van der Waals surface area contributed by atoms with Gasteiger partial charge in [0.05, 0.1) is 0 Å². The molecule has 0 spiro atoms. The highest BCUT2D eigenvalue weighted by Crippen LogP contribution is 1.98. The maximum Gasteiger partial charge on any atom is 0.320 e. The minimum Gasteiger partial charge on any atom is -0.480 e. The topological polar surface area (TPSA) is 114 Å². The first kappa shape index (κ1) is 11.6. The normalized spacial score (nSPS) is 11.5. The number of hydrogen-bond donors (Lipinski definition) is 3. The van der Waals surface area contributed by atoms with Gasteiger partial charge in [0.2, 0.25) is 0 Å². The van der Waals surface area contributed by atoms with Gasteiger partial charge in [-0.2, -0.15) is 0 Å². The Kier molecular flexibility index (Phi) is 6.49. The number of aliphatic carboxylic acids is 1. The lowest BCUT2D eigenvalue weighted by Crippen LogP contribution is -2.29. The van der Waals surface area contributed by atoms with Crippen molar-refractivity contribution < 1.29 is 9.90 Å². The van der Waals surface area contributed by atoms with Crippen molar-refractivity contribution in [3.63, 3.8) is 0 Å². The molecule has 0 rings (SSSR count). The molecule has 5 N–H and O–H groups in total. The molecule has 13 heavy (non-hydrogen) atoms. The zero-order valence-corrected chi connectivity index (χ0v) is 7.31. The van der Waals surface area contributed by atoms with E-state index in [0.29, 0.717) is 13.0 Å². The third-order valence-electron chi connectivity index (χ3n) is 1.48. The number of hydrogen-bond acceptors (Lipinski definition) is 5. The zero-order valence-electron chi connectivity index (χ0n) is 7.31. The molecule has 0 aromatic heterocycles. The van der Waals surface area contributed by atoms with Gasteiger partial charge in [0, 0.05) is 6.54 Å². The number of carboxylic acids is 1. The number of nitrogens with two attached hydrogens (primary N) is 2. The second-order valence-corrected chi connectivity index (χ2v) is 2.55. The Bertz CT molecular complexity index is 211. The first-order valence-electron chi connectivity index (χ1n) is 3.98. The average Bonchev–Trinajstić information content (AvgIpc) is 2.10. The molecule has 0 aliphatic rings. The van der Waals surface area contributed by atoms with Gasteiger partial charge < -0.3 is 16.7 Å². The summed E-state index contributed by atoms with van der Waals surface area (Å²) in [4.78, 5) is 14.0. The van der Waals surface area contributed by atoms with E-state index in [-0.39, 0.29) is 0 Å². The van der Waals surface area contributed by atoms with Crippen LogP contribution in [0.1, 0.15) is 19.3 Å². The standard InChI is InChI=1S/C7H14N4O2/c8-6(7(12)13)3-1-2-4-10-5-11-9/h6H,1-4,8-9H2,(H,12,13)/t6-/m0/s1. The summed E-state index contributed by atoms with van der Waals surface area (Å²) in [6.45, 7) is 0.549. The summed E-state index contributed by atoms with van der Waals surface area (Å²) in [7, 11) is 0. The van der Waals surface area contributed by atoms with Crippen LogP contribution in [0.4, 0.5) is 0 Å². The highest BCUT2D eigenvalue weighted by Gasteiger charge is 2.09. The molecule has 0 unspecified atom stereocenters. The van der Waals surface area contributed by atoms with Gasteiger partial charge in [0.1, 0.15) is 12.1 Å². The number of carbonyl (C=O) groups is 1. The van der Waals surface area contributed by atoms with E-state index in [1.54, 1.807) is 0 Å². The molecule has 0 fully saturated rings. The van der Waals surface area contributed by atoms with Crippen LogP contribution in [-0.4, -0.2) is 29.7 Å². The van der Waals surface area contributed by atoms with Gasteiger partial charge in [-0.05, 0) is 19.3 Å². The smallest absolute Gasteiger partial charge is 0.320 e. The molecule has 0 heterocycles. The fraction of sp³-hybridized carbons (Fsp3) is 0.714. The molecule has 0 aliphatic carbocycles. The highest BCUT2D eigenvalue weighted by atomic mass is 16.4. The van der Waals surface area contributed by atoms with Crippen LogP contribution in [0.15, 0.2) is 10.1 Å². The van der Waals surface area contributed by atoms with Crippen molar-refractivity contribution in [1.82, 2.24) is 0 Å². The fourth-order valence-electron chi connectivity index (χ4n) is 0.769. The molecule has 0 bridgehead atoms. The lowest BCUT2D eigenvalue weighted by molar-refractivity contribution is -0.138. The quantitative estimate of drug-likeness (QED) is 0.227. The third-order valence-corrected chi connectivity index (χ3v) is 1.48. The van der Waals surface area contributed by atoms with Crippen molar-refractivity contribution in [3.8, 4) is 0 Å². The maximum absolute atomic E-state index is 10.3. The summed E-state index contributed by atoms with van der Waals surface area (Å²) >= 11 is 0. The highest BCUT2D eigenvalue weighted by molar-refractivity contribution is 5.72. The van der Waals surface area contributed by atoms with E-state index in [0.717, 1.165) is 12.8 Å². The fourth-order valence-corrected chi connectivity index (χ4v) is 0.769. The van der Waals surface area contributed by atoms with Gasteiger partial charge in [-0.1, -0.05) is 0 Å². The van der Waals surface area contributed by atoms with Crippen LogP contribution in [-0.2, 0) is 4.79 Å². The number of aliphatic imine (C=N–C) groups is 1. The summed E-state index contributed by atoms with van der Waals surface area (Å²) in [5.74, 6) is 3.79. The number of nitrogens with zero attached hydrogens (tertiary/aromatic N) is 2. The van der Waals surface area contributed by atoms with Crippen molar-refractivity contribution in [2.45, 2.75) is 25.3 Å². The van der Waals surface area contributed by atoms with Gasteiger partial charge in [-0.15, -0.1) is 5.10 Å². The summed E-state index contributed by atoms with van der Waals surface area (Å²) in [6.07, 6.45) is 1.96. The van der Waals surface area contributed by atoms with E-state index >= 15 is 0 Å². The predicted octanol–water partition coefficient (Wildman–Crippen LogP) is -0.384. The molecule has 0 amide bonds. The van der Waals surface area contributed by atoms with Gasteiger partial charge in [0.15, 0.2) is 0 Å². The monoisotopic (exact) mass is 186 g/mol. The number of carboxylic acid groups (broad SMARTS) is 1. The molecule has 0 aliphatic heterocycles. The molecule has 74 valence electrons. The van der Waals surface area contributed by atoms with Crippen LogP contribution in [0.2, 0.25) is 0 Å². The van der Waals surface area contributed by atoms with Crippen molar-refractivity contribution in [1.29, 1.82) is 0 Å². The molecule has 0 radical (unpaired) electrons. The molecule has 6 heteroatoms. The Balaban J connectivity index is 3.36. The molecular formula is C7H14N4O2. The Morgan fingerprint density at radius 1 is 1.54 bits per heavy atom. The van der Waals surface area contributed by atoms with E-state index in [2.05, 4.69) is 16.1 Å². The van der Waals surface area contributed by atoms with Crippen LogP contribution >= 0.6 is 0 Å². The predicted molar refractivity (Wildman–Crippen MR) is 48.4 cm³/mol. The van der Waals surface area contributed by atoms with E-state index in [1.165, 1.54) is 0 Å². The lowest BCUT2D eigenvalue weighted by atomic mass is 10.1. The molecule has 0 saturated carbocycles. The van der Waals surface area contributed by atoms with E-state index in [1.807, 2.05) is 0 Å². The summed E-state index contributed by atoms with van der Waals surface area (Å²) in [5.41, 5.74) is 5.27. The number of rotatable bonds is 6. The molecular weight excluding hydrogens is 172 g/mol. The van der Waals surface area contributed by atoms with Crippen molar-refractivity contribution >= 4 is 12.0 Å². The van der Waals surface area contributed by atoms with Crippen molar-refractivity contribution in [2.75, 3.05) is 6.54 Å². The van der Waals surface area contributed by atoms with Gasteiger partial charge in [0.25, 0.3) is 0 Å². The van der Waals surface area contributed by atoms with Crippen LogP contribution < -0.4 is 11.6 Å². The SMILES string of the molecule is NN=C=NCCCC[C@H](N)C(=O)O. The molecule has 0 aromatic rings. The van der Waals surface area contributed by atoms with Crippen LogP contribution in [0.25, 0.3) is 0 Å². The largest absolute Gasteiger partial charge is 0.480 e. The lowest BCUT2D eigenvalue weighted by Gasteiger charge is -2.03. The molecule has 6 nitrogen and oxygen atoms in total. The average molecular weight is 186 g/mol. The van der Waals surface area contributed by atoms with E-state index in [4.69, 9.17) is 16.7 Å². The van der Waals surface area contributed by atoms with E-state index < -0.39 is 12.0 Å². The third kappa shape index (κ3) is 6.99. The van der Waals surface area contributed by atoms with Gasteiger partial charge >= 0.3 is 5.97 Å². The summed E-state index contributed by atoms with van der Waals surface area (Å²) in [6, 6.07) is 1.47. The van der Waals surface area contributed by atoms with Crippen LogP contribution in [0.5, 0.6) is 0 Å². The van der Waals surface area contributed by atoms with Crippen molar-refractivity contribution in [2.24, 2.45) is 21.7 Å². The minimum atomic E-state index is -0.966.